The van der Waals surface area contributed by atoms with Gasteiger partial charge in [0.15, 0.2) is 0 Å². The number of carboxylic acid groups (broad SMARTS) is 1. The van der Waals surface area contributed by atoms with E-state index in [9.17, 15) is 13.6 Å². The lowest BCUT2D eigenvalue weighted by Crippen LogP contribution is -2.14. The van der Waals surface area contributed by atoms with Crippen LogP contribution in [0.25, 0.3) is 0 Å². The minimum atomic E-state index is -2.65. The number of carbonyl (C=O) groups is 1. The molecule has 5 nitrogen and oxygen atoms in total. The predicted octanol–water partition coefficient (Wildman–Crippen LogP) is 0.855. The van der Waals surface area contributed by atoms with E-state index >= 15 is 0 Å². The van der Waals surface area contributed by atoms with E-state index in [0.29, 0.717) is 4.68 Å². The van der Waals surface area contributed by atoms with Crippen LogP contribution in [0.5, 0.6) is 5.88 Å². The Morgan fingerprint density at radius 2 is 2.43 bits per heavy atom. The van der Waals surface area contributed by atoms with Crippen molar-refractivity contribution >= 4 is 5.97 Å². The zero-order valence-electron chi connectivity index (χ0n) is 7.28. The molecule has 0 atom stereocenters. The number of aromatic nitrogens is 2. The highest BCUT2D eigenvalue weighted by atomic mass is 19.3. The maximum Gasteiger partial charge on any atom is 0.354 e. The zero-order valence-corrected chi connectivity index (χ0v) is 7.28. The third-order valence-corrected chi connectivity index (χ3v) is 1.50. The van der Waals surface area contributed by atoms with Crippen molar-refractivity contribution < 1.29 is 23.4 Å². The van der Waals surface area contributed by atoms with Crippen molar-refractivity contribution in [2.24, 2.45) is 0 Å². The second kappa shape index (κ2) is 4.03. The number of hydrogen-bond donors (Lipinski definition) is 1. The number of alkyl halides is 2. The van der Waals surface area contributed by atoms with E-state index in [1.165, 1.54) is 7.11 Å². The maximum atomic E-state index is 12.0. The van der Waals surface area contributed by atoms with Gasteiger partial charge in [0.1, 0.15) is 12.2 Å². The summed E-state index contributed by atoms with van der Waals surface area (Å²) in [7, 11) is 1.28. The predicted molar refractivity (Wildman–Crippen MR) is 41.7 cm³/mol. The summed E-state index contributed by atoms with van der Waals surface area (Å²) in [5.74, 6) is -1.32. The lowest BCUT2D eigenvalue weighted by molar-refractivity contribution is 0.0671. The van der Waals surface area contributed by atoms with Gasteiger partial charge in [0.05, 0.1) is 7.11 Å². The van der Waals surface area contributed by atoms with Crippen LogP contribution in [-0.4, -0.2) is 34.4 Å². The smallest absolute Gasteiger partial charge is 0.354 e. The van der Waals surface area contributed by atoms with Gasteiger partial charge in [-0.1, -0.05) is 0 Å². The molecule has 14 heavy (non-hydrogen) atoms. The summed E-state index contributed by atoms with van der Waals surface area (Å²) >= 11 is 0. The molecule has 1 aromatic rings. The Labute approximate surface area is 77.9 Å². The zero-order chi connectivity index (χ0) is 10.7. The molecule has 0 amide bonds. The van der Waals surface area contributed by atoms with Gasteiger partial charge in [0.25, 0.3) is 6.43 Å². The molecule has 0 bridgehead atoms. The topological polar surface area (TPSA) is 64.3 Å². The Bertz CT molecular complexity index is 338. The lowest BCUT2D eigenvalue weighted by Gasteiger charge is -2.01. The van der Waals surface area contributed by atoms with Gasteiger partial charge in [0, 0.05) is 6.07 Å². The van der Waals surface area contributed by atoms with E-state index in [-0.39, 0.29) is 11.6 Å². The van der Waals surface area contributed by atoms with Gasteiger partial charge in [-0.15, -0.1) is 5.10 Å². The Morgan fingerprint density at radius 3 is 2.86 bits per heavy atom. The van der Waals surface area contributed by atoms with Crippen molar-refractivity contribution in [3.8, 4) is 5.88 Å². The van der Waals surface area contributed by atoms with Crippen LogP contribution in [0.2, 0.25) is 0 Å². The van der Waals surface area contributed by atoms with Gasteiger partial charge >= 0.3 is 5.97 Å². The Kier molecular flexibility index (Phi) is 3.00. The quantitative estimate of drug-likeness (QED) is 0.793. The molecule has 0 aliphatic carbocycles. The molecule has 7 heteroatoms. The standard InChI is InChI=1S/C7H8F2N2O3/c1-14-6-2-4(7(12)13)11(10-6)3-5(8)9/h2,5H,3H2,1H3,(H,12,13). The maximum absolute atomic E-state index is 12.0. The lowest BCUT2D eigenvalue weighted by atomic mass is 10.4. The number of carboxylic acids is 1. The third-order valence-electron chi connectivity index (χ3n) is 1.50. The molecular formula is C7H8F2N2O3. The molecule has 1 aromatic heterocycles. The first-order valence-corrected chi connectivity index (χ1v) is 3.68. The van der Waals surface area contributed by atoms with E-state index in [1.54, 1.807) is 0 Å². The van der Waals surface area contributed by atoms with Crippen LogP contribution in [0, 0.1) is 0 Å². The fourth-order valence-electron chi connectivity index (χ4n) is 0.935. The van der Waals surface area contributed by atoms with Crippen LogP contribution in [0.4, 0.5) is 8.78 Å². The second-order valence-corrected chi connectivity index (χ2v) is 2.45. The van der Waals surface area contributed by atoms with E-state index in [0.717, 1.165) is 6.07 Å². The average molecular weight is 206 g/mol. The molecular weight excluding hydrogens is 198 g/mol. The number of hydrogen-bond acceptors (Lipinski definition) is 3. The summed E-state index contributed by atoms with van der Waals surface area (Å²) in [6, 6.07) is 1.09. The molecule has 0 unspecified atom stereocenters. The summed E-state index contributed by atoms with van der Waals surface area (Å²) in [5.41, 5.74) is -0.317. The Hall–Kier alpha value is -1.66. The third kappa shape index (κ3) is 2.18. The minimum Gasteiger partial charge on any atom is -0.480 e. The molecule has 1 heterocycles. The Balaban J connectivity index is 2.99. The molecule has 0 saturated carbocycles. The number of nitrogens with zero attached hydrogens (tertiary/aromatic N) is 2. The first kappa shape index (κ1) is 10.4. The fraction of sp³-hybridized carbons (Fsp3) is 0.429. The highest BCUT2D eigenvalue weighted by molar-refractivity contribution is 5.86. The van der Waals surface area contributed by atoms with E-state index in [4.69, 9.17) is 5.11 Å². The van der Waals surface area contributed by atoms with E-state index < -0.39 is 18.9 Å². The van der Waals surface area contributed by atoms with Crippen LogP contribution in [-0.2, 0) is 6.54 Å². The molecule has 0 spiro atoms. The van der Waals surface area contributed by atoms with Crippen LogP contribution >= 0.6 is 0 Å². The molecule has 0 aromatic carbocycles. The van der Waals surface area contributed by atoms with Gasteiger partial charge in [0.2, 0.25) is 5.88 Å². The average Bonchev–Trinajstić information content (AvgIpc) is 2.46. The monoisotopic (exact) mass is 206 g/mol. The van der Waals surface area contributed by atoms with Crippen LogP contribution < -0.4 is 4.74 Å². The number of halogens is 2. The highest BCUT2D eigenvalue weighted by Crippen LogP contribution is 2.12. The molecule has 0 fully saturated rings. The van der Waals surface area contributed by atoms with Crippen molar-refractivity contribution in [2.45, 2.75) is 13.0 Å². The number of methoxy groups -OCH3 is 1. The molecule has 0 aliphatic rings. The van der Waals surface area contributed by atoms with Gasteiger partial charge in [-0.3, -0.25) is 0 Å². The van der Waals surface area contributed by atoms with Gasteiger partial charge in [-0.05, 0) is 0 Å². The van der Waals surface area contributed by atoms with Crippen molar-refractivity contribution in [1.29, 1.82) is 0 Å². The second-order valence-electron chi connectivity index (χ2n) is 2.45. The van der Waals surface area contributed by atoms with E-state index in [2.05, 4.69) is 9.84 Å². The van der Waals surface area contributed by atoms with Gasteiger partial charge in [-0.25, -0.2) is 18.3 Å². The summed E-state index contributed by atoms with van der Waals surface area (Å²) in [6.07, 6.45) is -2.65. The summed E-state index contributed by atoms with van der Waals surface area (Å²) < 4.78 is 29.3. The fourth-order valence-corrected chi connectivity index (χ4v) is 0.935. The van der Waals surface area contributed by atoms with Crippen molar-refractivity contribution in [1.82, 2.24) is 9.78 Å². The van der Waals surface area contributed by atoms with Crippen LogP contribution in [0.3, 0.4) is 0 Å². The number of aromatic carboxylic acids is 1. The number of rotatable bonds is 4. The van der Waals surface area contributed by atoms with Crippen molar-refractivity contribution in [3.63, 3.8) is 0 Å². The molecule has 0 saturated heterocycles. The van der Waals surface area contributed by atoms with Gasteiger partial charge < -0.3 is 9.84 Å². The Morgan fingerprint density at radius 1 is 1.79 bits per heavy atom. The van der Waals surface area contributed by atoms with Crippen LogP contribution in [0.15, 0.2) is 6.07 Å². The molecule has 0 radical (unpaired) electrons. The minimum absolute atomic E-state index is 0.00282. The SMILES string of the molecule is COc1cc(C(=O)O)n(CC(F)F)n1. The van der Waals surface area contributed by atoms with Crippen molar-refractivity contribution in [2.75, 3.05) is 7.11 Å². The molecule has 1 N–H and O–H groups in total. The van der Waals surface area contributed by atoms with Crippen LogP contribution in [0.1, 0.15) is 10.5 Å². The molecule has 0 aliphatic heterocycles. The molecule has 1 rings (SSSR count). The largest absolute Gasteiger partial charge is 0.480 e. The van der Waals surface area contributed by atoms with Crippen molar-refractivity contribution in [3.05, 3.63) is 11.8 Å². The number of ether oxygens (including phenoxy) is 1. The summed E-state index contributed by atoms with van der Waals surface area (Å²) in [5, 5.41) is 12.1. The normalized spacial score (nSPS) is 10.6. The highest BCUT2D eigenvalue weighted by Gasteiger charge is 2.17. The van der Waals surface area contributed by atoms with Gasteiger partial charge in [-0.2, -0.15) is 0 Å². The first-order valence-electron chi connectivity index (χ1n) is 3.68. The summed E-state index contributed by atoms with van der Waals surface area (Å²) in [4.78, 5) is 10.6. The first-order chi connectivity index (χ1) is 6.54. The van der Waals surface area contributed by atoms with E-state index in [1.807, 2.05) is 0 Å². The molecule has 78 valence electrons. The summed E-state index contributed by atoms with van der Waals surface area (Å²) in [6.45, 7) is -0.759.